The molecule has 1 aliphatic rings. The summed E-state index contributed by atoms with van der Waals surface area (Å²) in [4.78, 5) is 0. The van der Waals surface area contributed by atoms with Crippen LogP contribution in [0.15, 0.2) is 222 Å². The van der Waals surface area contributed by atoms with Crippen molar-refractivity contribution in [1.29, 1.82) is 0 Å². The molecule has 9 aromatic carbocycles. The summed E-state index contributed by atoms with van der Waals surface area (Å²) in [6, 6.07) is 76.4. The van der Waals surface area contributed by atoms with Gasteiger partial charge in [-0.1, -0.05) is 223 Å². The quantitative estimate of drug-likeness (QED) is 0.0668. The van der Waals surface area contributed by atoms with Crippen molar-refractivity contribution in [2.75, 3.05) is 0 Å². The fourth-order valence-corrected chi connectivity index (χ4v) is 19.8. The maximum absolute atomic E-state index is 3.57. The van der Waals surface area contributed by atoms with Crippen LogP contribution in [0.5, 0.6) is 0 Å². The predicted molar refractivity (Wildman–Crippen MR) is 328 cm³/mol. The third-order valence-corrected chi connectivity index (χ3v) is 23.3. The monoisotopic (exact) mass is 1000 g/mol. The lowest BCUT2D eigenvalue weighted by Gasteiger charge is -2.44. The van der Waals surface area contributed by atoms with Gasteiger partial charge in [0.2, 0.25) is 0 Å². The second-order valence-corrected chi connectivity index (χ2v) is 25.9. The third kappa shape index (κ3) is 10.1. The highest BCUT2D eigenvalue weighted by Gasteiger charge is 2.52. The third-order valence-electron chi connectivity index (χ3n) is 17.9. The van der Waals surface area contributed by atoms with E-state index in [1.165, 1.54) is 117 Å². The molecule has 0 aliphatic heterocycles. The number of aryl methyl sites for hydroxylation is 3. The van der Waals surface area contributed by atoms with Gasteiger partial charge in [0.05, 0.1) is 0 Å². The largest absolute Gasteiger partial charge is 0.177 e. The molecule has 9 aromatic rings. The summed E-state index contributed by atoms with van der Waals surface area (Å²) in [6.07, 6.45) is 5.11. The molecular formula is C75H76Si. The highest BCUT2D eigenvalue weighted by Crippen LogP contribution is 2.45. The minimum atomic E-state index is -3.57. The summed E-state index contributed by atoms with van der Waals surface area (Å²) in [5.74, 6) is 0.211. The predicted octanol–water partition coefficient (Wildman–Crippen LogP) is 16.4. The van der Waals surface area contributed by atoms with Gasteiger partial charge in [0.15, 0.2) is 8.07 Å². The molecule has 1 atom stereocenters. The number of benzene rings is 9. The topological polar surface area (TPSA) is 0 Å². The second kappa shape index (κ2) is 22.5. The van der Waals surface area contributed by atoms with Crippen molar-refractivity contribution in [3.8, 4) is 0 Å². The summed E-state index contributed by atoms with van der Waals surface area (Å²) in [6.45, 7) is 24.5. The van der Waals surface area contributed by atoms with Gasteiger partial charge in [-0.25, -0.2) is 0 Å². The van der Waals surface area contributed by atoms with Crippen LogP contribution in [0.25, 0.3) is 0 Å². The average molecular weight is 1010 g/mol. The summed E-state index contributed by atoms with van der Waals surface area (Å²) in [5, 5.41) is 6.32. The summed E-state index contributed by atoms with van der Waals surface area (Å²) in [5.41, 5.74) is 29.8. The van der Waals surface area contributed by atoms with E-state index in [0.717, 1.165) is 38.5 Å². The molecule has 0 fully saturated rings. The van der Waals surface area contributed by atoms with E-state index in [1.807, 2.05) is 0 Å². The molecular weight excluding hydrogens is 929 g/mol. The van der Waals surface area contributed by atoms with Crippen LogP contribution < -0.4 is 15.6 Å². The molecule has 0 amide bonds. The molecule has 0 spiro atoms. The molecule has 1 heteroatoms. The fraction of sp³-hybridized carbons (Fsp3) is 0.227. The van der Waals surface area contributed by atoms with Crippen LogP contribution in [0.2, 0.25) is 0 Å². The molecule has 76 heavy (non-hydrogen) atoms. The van der Waals surface area contributed by atoms with Gasteiger partial charge in [-0.15, -0.1) is 0 Å². The Morgan fingerprint density at radius 3 is 0.724 bits per heavy atom. The first-order valence-corrected chi connectivity index (χ1v) is 29.8. The van der Waals surface area contributed by atoms with Crippen LogP contribution in [0.4, 0.5) is 0 Å². The first kappa shape index (κ1) is 52.1. The fourth-order valence-electron chi connectivity index (χ4n) is 13.1. The van der Waals surface area contributed by atoms with Crippen molar-refractivity contribution < 1.29 is 0 Å². The van der Waals surface area contributed by atoms with Gasteiger partial charge in [-0.05, 0) is 228 Å². The summed E-state index contributed by atoms with van der Waals surface area (Å²) >= 11 is 0. The lowest BCUT2D eigenvalue weighted by atomic mass is 9.89. The minimum absolute atomic E-state index is 0.211. The minimum Gasteiger partial charge on any atom is -0.0636 e. The number of hydrogen-bond acceptors (Lipinski definition) is 0. The van der Waals surface area contributed by atoms with Crippen LogP contribution in [0.1, 0.15) is 128 Å². The lowest BCUT2D eigenvalue weighted by molar-refractivity contribution is 0.851. The highest BCUT2D eigenvalue weighted by molar-refractivity contribution is 7.17. The van der Waals surface area contributed by atoms with Gasteiger partial charge < -0.3 is 0 Å². The number of allylic oxidation sites excluding steroid dienone is 4. The molecule has 0 radical (unpaired) electrons. The first-order valence-electron chi connectivity index (χ1n) is 27.8. The van der Waals surface area contributed by atoms with E-state index in [1.54, 1.807) is 20.8 Å². The molecule has 380 valence electrons. The van der Waals surface area contributed by atoms with Gasteiger partial charge in [0.25, 0.3) is 0 Å². The SMILES string of the molecule is CC1=C(C)C(C)C([Si](c2cc(C)c(C)c(Cc3ccccc3)c2Cc2ccccc2)(c2cc(C)c(C)c(Cc3ccccc3)c2Cc2ccccc2)c2cc(C)c(C)c(Cc3ccccc3)c2Cc2ccccc2)=C1C. The lowest BCUT2D eigenvalue weighted by Crippen LogP contribution is -2.72. The van der Waals surface area contributed by atoms with Gasteiger partial charge >= 0.3 is 0 Å². The Bertz CT molecular complexity index is 3240. The standard InChI is InChI=1S/C75H76Si/c1-50-41-72(69(47-63-35-23-14-24-36-63)66(53(50)4)44-60-29-17-11-18-30-60)76(75-58(9)56(7)57(8)59(75)10,73-42-51(2)54(5)67(45-61-31-19-12-20-32-61)70(73)48-64-37-25-15-26-38-64)74-43-52(3)55(6)68(46-62-33-21-13-22-34-62)71(74)49-65-39-27-16-28-40-65/h11-43,58H,44-49H2,1-10H3. The molecule has 0 saturated heterocycles. The van der Waals surface area contributed by atoms with E-state index in [4.69, 9.17) is 0 Å². The van der Waals surface area contributed by atoms with Crippen LogP contribution in [0.3, 0.4) is 0 Å². The van der Waals surface area contributed by atoms with Crippen molar-refractivity contribution in [3.63, 3.8) is 0 Å². The summed E-state index contributed by atoms with van der Waals surface area (Å²) in [7, 11) is -3.57. The smallest absolute Gasteiger partial charge is 0.0636 e. The van der Waals surface area contributed by atoms with Gasteiger partial charge in [0, 0.05) is 0 Å². The number of hydrogen-bond donors (Lipinski definition) is 0. The number of rotatable bonds is 16. The molecule has 0 saturated carbocycles. The van der Waals surface area contributed by atoms with Crippen molar-refractivity contribution in [2.24, 2.45) is 5.92 Å². The zero-order valence-electron chi connectivity index (χ0n) is 46.9. The van der Waals surface area contributed by atoms with Crippen molar-refractivity contribution in [1.82, 2.24) is 0 Å². The molecule has 1 aliphatic carbocycles. The maximum Gasteiger partial charge on any atom is 0.177 e. The Morgan fingerprint density at radius 2 is 0.513 bits per heavy atom. The zero-order valence-corrected chi connectivity index (χ0v) is 47.9. The average Bonchev–Trinajstić information content (AvgIpc) is 3.72. The molecule has 0 N–H and O–H groups in total. The van der Waals surface area contributed by atoms with Crippen molar-refractivity contribution in [2.45, 2.75) is 108 Å². The molecule has 10 rings (SSSR count). The first-order chi connectivity index (χ1) is 36.8. The van der Waals surface area contributed by atoms with Crippen molar-refractivity contribution in [3.05, 3.63) is 322 Å². The highest BCUT2D eigenvalue weighted by atomic mass is 28.3. The van der Waals surface area contributed by atoms with E-state index in [0.29, 0.717) is 0 Å². The Labute approximate surface area is 457 Å². The van der Waals surface area contributed by atoms with Crippen molar-refractivity contribution >= 4 is 23.6 Å². The Balaban J connectivity index is 1.49. The van der Waals surface area contributed by atoms with Gasteiger partial charge in [0.1, 0.15) is 0 Å². The van der Waals surface area contributed by atoms with E-state index < -0.39 is 8.07 Å². The Hall–Kier alpha value is -7.32. The normalized spacial score (nSPS) is 13.7. The van der Waals surface area contributed by atoms with Crippen LogP contribution in [0, 0.1) is 47.5 Å². The van der Waals surface area contributed by atoms with Gasteiger partial charge in [-0.3, -0.25) is 0 Å². The van der Waals surface area contributed by atoms with E-state index >= 15 is 0 Å². The molecule has 0 bridgehead atoms. The van der Waals surface area contributed by atoms with E-state index in [-0.39, 0.29) is 5.92 Å². The molecule has 0 nitrogen and oxygen atoms in total. The van der Waals surface area contributed by atoms with E-state index in [9.17, 15) is 0 Å². The molecule has 0 aromatic heterocycles. The summed E-state index contributed by atoms with van der Waals surface area (Å²) < 4.78 is 0. The van der Waals surface area contributed by atoms with E-state index in [2.05, 4.69) is 269 Å². The maximum atomic E-state index is 2.75. The van der Waals surface area contributed by atoms with Crippen LogP contribution >= 0.6 is 0 Å². The molecule has 1 unspecified atom stereocenters. The zero-order chi connectivity index (χ0) is 53.1. The van der Waals surface area contributed by atoms with Gasteiger partial charge in [-0.2, -0.15) is 0 Å². The Kier molecular flexibility index (Phi) is 15.4. The van der Waals surface area contributed by atoms with Crippen LogP contribution in [-0.2, 0) is 38.5 Å². The second-order valence-electron chi connectivity index (χ2n) is 22.3. The Morgan fingerprint density at radius 1 is 0.289 bits per heavy atom. The van der Waals surface area contributed by atoms with Crippen LogP contribution in [-0.4, -0.2) is 8.07 Å². The molecule has 0 heterocycles.